The highest BCUT2D eigenvalue weighted by Gasteiger charge is 2.36. The molecule has 0 saturated carbocycles. The molecule has 0 unspecified atom stereocenters. The first kappa shape index (κ1) is 26.6. The predicted molar refractivity (Wildman–Crippen MR) is 144 cm³/mol. The van der Waals surface area contributed by atoms with Gasteiger partial charge in [-0.25, -0.2) is 4.39 Å². The lowest BCUT2D eigenvalue weighted by Crippen LogP contribution is -2.36. The maximum absolute atomic E-state index is 13.0. The summed E-state index contributed by atoms with van der Waals surface area (Å²) in [5, 5.41) is 4.75. The van der Waals surface area contributed by atoms with Crippen LogP contribution in [0.25, 0.3) is 6.08 Å². The van der Waals surface area contributed by atoms with E-state index in [0.717, 1.165) is 27.8 Å². The third-order valence-electron chi connectivity index (χ3n) is 5.64. The molecule has 0 aromatic heterocycles. The molecule has 0 atom stereocenters. The number of benzene rings is 3. The molecule has 194 valence electrons. The van der Waals surface area contributed by atoms with Gasteiger partial charge in [0.1, 0.15) is 18.1 Å². The highest BCUT2D eigenvalue weighted by Crippen LogP contribution is 2.32. The topological polar surface area (TPSA) is 105 Å². The molecule has 1 aliphatic rings. The number of anilines is 2. The van der Waals surface area contributed by atoms with Gasteiger partial charge in [-0.2, -0.15) is 0 Å². The van der Waals surface area contributed by atoms with Crippen molar-refractivity contribution in [3.05, 3.63) is 94.1 Å². The largest absolute Gasteiger partial charge is 0.484 e. The average molecular weight is 534 g/mol. The minimum absolute atomic E-state index is 0.172. The van der Waals surface area contributed by atoms with Crippen LogP contribution < -0.4 is 15.4 Å². The number of carbonyl (C=O) groups is 4. The van der Waals surface area contributed by atoms with E-state index in [-0.39, 0.29) is 17.4 Å². The second-order valence-electron chi connectivity index (χ2n) is 8.53. The zero-order valence-electron chi connectivity index (χ0n) is 20.6. The lowest BCUT2D eigenvalue weighted by atomic mass is 10.1. The Balaban J connectivity index is 1.30. The second kappa shape index (κ2) is 11.7. The van der Waals surface area contributed by atoms with E-state index in [2.05, 4.69) is 10.6 Å². The zero-order chi connectivity index (χ0) is 27.2. The van der Waals surface area contributed by atoms with Gasteiger partial charge in [0.15, 0.2) is 6.61 Å². The van der Waals surface area contributed by atoms with Gasteiger partial charge >= 0.3 is 0 Å². The van der Waals surface area contributed by atoms with Crippen molar-refractivity contribution in [3.63, 3.8) is 0 Å². The molecule has 0 aliphatic carbocycles. The molecular weight excluding hydrogens is 509 g/mol. The molecule has 10 heteroatoms. The van der Waals surface area contributed by atoms with Gasteiger partial charge in [-0.1, -0.05) is 18.2 Å². The minimum atomic E-state index is -0.586. The molecule has 3 aromatic carbocycles. The Labute approximate surface area is 222 Å². The number of imide groups is 1. The van der Waals surface area contributed by atoms with Crippen LogP contribution in [0.1, 0.15) is 16.7 Å². The molecule has 0 spiro atoms. The SMILES string of the molecule is Cc1ccc(NC(=O)COc2ccc(/C=C3\SC(=O)N(CC(=O)Nc4ccc(F)cc4)C3=O)cc2)cc1C. The number of hydrogen-bond donors (Lipinski definition) is 2. The van der Waals surface area contributed by atoms with Crippen molar-refractivity contribution in [2.45, 2.75) is 13.8 Å². The minimum Gasteiger partial charge on any atom is -0.484 e. The number of aryl methyl sites for hydroxylation is 2. The lowest BCUT2D eigenvalue weighted by Gasteiger charge is -2.12. The van der Waals surface area contributed by atoms with Crippen molar-refractivity contribution in [2.75, 3.05) is 23.8 Å². The van der Waals surface area contributed by atoms with E-state index >= 15 is 0 Å². The number of halogens is 1. The molecule has 1 aliphatic heterocycles. The first-order valence-corrected chi connectivity index (χ1v) is 12.4. The number of nitrogens with zero attached hydrogens (tertiary/aromatic N) is 1. The van der Waals surface area contributed by atoms with Crippen molar-refractivity contribution in [1.82, 2.24) is 4.90 Å². The predicted octanol–water partition coefficient (Wildman–Crippen LogP) is 5.14. The van der Waals surface area contributed by atoms with E-state index < -0.39 is 29.4 Å². The van der Waals surface area contributed by atoms with Gasteiger partial charge in [0, 0.05) is 11.4 Å². The molecule has 4 rings (SSSR count). The normalized spacial score (nSPS) is 14.1. The lowest BCUT2D eigenvalue weighted by molar-refractivity contribution is -0.127. The Kier molecular flexibility index (Phi) is 8.22. The van der Waals surface area contributed by atoms with Crippen LogP contribution >= 0.6 is 11.8 Å². The Morgan fingerprint density at radius 2 is 1.55 bits per heavy atom. The average Bonchev–Trinajstić information content (AvgIpc) is 3.14. The first-order chi connectivity index (χ1) is 18.2. The van der Waals surface area contributed by atoms with Crippen molar-refractivity contribution in [3.8, 4) is 5.75 Å². The van der Waals surface area contributed by atoms with Crippen molar-refractivity contribution < 1.29 is 28.3 Å². The maximum Gasteiger partial charge on any atom is 0.294 e. The first-order valence-electron chi connectivity index (χ1n) is 11.6. The summed E-state index contributed by atoms with van der Waals surface area (Å²) in [6, 6.07) is 17.5. The molecule has 2 N–H and O–H groups in total. The van der Waals surface area contributed by atoms with E-state index in [0.29, 0.717) is 22.7 Å². The van der Waals surface area contributed by atoms with Crippen molar-refractivity contribution >= 4 is 52.2 Å². The molecule has 3 aromatic rings. The van der Waals surface area contributed by atoms with Crippen molar-refractivity contribution in [1.29, 1.82) is 0 Å². The summed E-state index contributed by atoms with van der Waals surface area (Å²) in [5.41, 5.74) is 3.89. The zero-order valence-corrected chi connectivity index (χ0v) is 21.4. The van der Waals surface area contributed by atoms with Crippen LogP contribution in [-0.4, -0.2) is 41.0 Å². The Bertz CT molecular complexity index is 1420. The van der Waals surface area contributed by atoms with Crippen LogP contribution in [0.2, 0.25) is 0 Å². The Morgan fingerprint density at radius 1 is 0.895 bits per heavy atom. The van der Waals surface area contributed by atoms with Crippen LogP contribution in [0.4, 0.5) is 20.6 Å². The molecule has 1 heterocycles. The van der Waals surface area contributed by atoms with Gasteiger partial charge in [0.05, 0.1) is 4.91 Å². The van der Waals surface area contributed by atoms with Gasteiger partial charge in [0.25, 0.3) is 17.1 Å². The standard InChI is InChI=1S/C28H24FN3O5S/c1-17-3-8-22(13-18(17)2)31-26(34)16-37-23-11-4-19(5-12-23)14-24-27(35)32(28(36)38-24)15-25(33)30-21-9-6-20(29)7-10-21/h3-14H,15-16H2,1-2H3,(H,30,33)(H,31,34)/b24-14-. The van der Waals surface area contributed by atoms with Crippen LogP contribution in [0.15, 0.2) is 71.6 Å². The van der Waals surface area contributed by atoms with Crippen molar-refractivity contribution in [2.24, 2.45) is 0 Å². The summed E-state index contributed by atoms with van der Waals surface area (Å²) in [6.45, 7) is 3.33. The fourth-order valence-electron chi connectivity index (χ4n) is 3.49. The Morgan fingerprint density at radius 3 is 2.24 bits per heavy atom. The van der Waals surface area contributed by atoms with E-state index in [1.54, 1.807) is 30.3 Å². The van der Waals surface area contributed by atoms with Crippen LogP contribution in [0.5, 0.6) is 5.75 Å². The molecule has 38 heavy (non-hydrogen) atoms. The summed E-state index contributed by atoms with van der Waals surface area (Å²) >= 11 is 0.733. The monoisotopic (exact) mass is 533 g/mol. The summed E-state index contributed by atoms with van der Waals surface area (Å²) < 4.78 is 18.6. The van der Waals surface area contributed by atoms with Gasteiger partial charge in [-0.3, -0.25) is 24.1 Å². The van der Waals surface area contributed by atoms with E-state index in [9.17, 15) is 23.6 Å². The third kappa shape index (κ3) is 6.86. The molecule has 0 bridgehead atoms. The molecule has 0 radical (unpaired) electrons. The highest BCUT2D eigenvalue weighted by atomic mass is 32.2. The third-order valence-corrected chi connectivity index (χ3v) is 6.55. The number of hydrogen-bond acceptors (Lipinski definition) is 6. The molecular formula is C28H24FN3O5S. The van der Waals surface area contributed by atoms with Gasteiger partial charge < -0.3 is 15.4 Å². The van der Waals surface area contributed by atoms with E-state index in [1.807, 2.05) is 32.0 Å². The fourth-order valence-corrected chi connectivity index (χ4v) is 4.33. The molecule has 1 saturated heterocycles. The highest BCUT2D eigenvalue weighted by molar-refractivity contribution is 8.18. The quantitative estimate of drug-likeness (QED) is 0.389. The summed E-state index contributed by atoms with van der Waals surface area (Å²) in [6.07, 6.45) is 1.54. The number of rotatable bonds is 8. The molecule has 8 nitrogen and oxygen atoms in total. The fraction of sp³-hybridized carbons (Fsp3) is 0.143. The number of nitrogens with one attached hydrogen (secondary N) is 2. The number of amides is 4. The smallest absolute Gasteiger partial charge is 0.294 e. The maximum atomic E-state index is 13.0. The van der Waals surface area contributed by atoms with Gasteiger partial charge in [0.2, 0.25) is 5.91 Å². The van der Waals surface area contributed by atoms with E-state index in [4.69, 9.17) is 4.74 Å². The summed E-state index contributed by atoms with van der Waals surface area (Å²) in [4.78, 5) is 50.5. The molecule has 4 amide bonds. The van der Waals surface area contributed by atoms with Gasteiger partial charge in [-0.05, 0) is 96.9 Å². The van der Waals surface area contributed by atoms with E-state index in [1.165, 1.54) is 24.3 Å². The van der Waals surface area contributed by atoms with Crippen LogP contribution in [0.3, 0.4) is 0 Å². The second-order valence-corrected chi connectivity index (χ2v) is 9.52. The number of thioether (sulfide) groups is 1. The Hall–Kier alpha value is -4.44. The number of carbonyl (C=O) groups excluding carboxylic acids is 4. The number of ether oxygens (including phenoxy) is 1. The van der Waals surface area contributed by atoms with Crippen LogP contribution in [-0.2, 0) is 14.4 Å². The van der Waals surface area contributed by atoms with Crippen LogP contribution in [0, 0.1) is 19.7 Å². The summed E-state index contributed by atoms with van der Waals surface area (Å²) in [7, 11) is 0. The van der Waals surface area contributed by atoms with Gasteiger partial charge in [-0.15, -0.1) is 0 Å². The molecule has 1 fully saturated rings. The summed E-state index contributed by atoms with van der Waals surface area (Å²) in [5.74, 6) is -1.45.